The first-order chi connectivity index (χ1) is 13.1. The van der Waals surface area contributed by atoms with Crippen molar-refractivity contribution < 1.29 is 4.74 Å². The zero-order valence-electron chi connectivity index (χ0n) is 14.9. The quantitative estimate of drug-likeness (QED) is 0.375. The minimum atomic E-state index is 0.597. The molecule has 0 aliphatic heterocycles. The summed E-state index contributed by atoms with van der Waals surface area (Å²) in [6, 6.07) is 13.2. The zero-order chi connectivity index (χ0) is 19.2. The third-order valence-electron chi connectivity index (χ3n) is 3.67. The highest BCUT2D eigenvalue weighted by molar-refractivity contribution is 7.98. The lowest BCUT2D eigenvalue weighted by molar-refractivity contribution is 0.340. The lowest BCUT2D eigenvalue weighted by atomic mass is 10.2. The fourth-order valence-corrected chi connectivity index (χ4v) is 3.83. The van der Waals surface area contributed by atoms with Crippen LogP contribution in [-0.4, -0.2) is 27.7 Å². The molecule has 8 heteroatoms. The van der Waals surface area contributed by atoms with Crippen molar-refractivity contribution in [3.8, 4) is 5.75 Å². The van der Waals surface area contributed by atoms with Crippen LogP contribution in [0.4, 0.5) is 0 Å². The number of aromatic nitrogens is 3. The molecule has 0 saturated heterocycles. The summed E-state index contributed by atoms with van der Waals surface area (Å²) in [6.45, 7) is 4.41. The molecule has 0 unspecified atom stereocenters. The highest BCUT2D eigenvalue weighted by Crippen LogP contribution is 2.28. The third-order valence-corrected chi connectivity index (χ3v) is 5.23. The van der Waals surface area contributed by atoms with Crippen LogP contribution in [-0.2, 0) is 5.75 Å². The van der Waals surface area contributed by atoms with Gasteiger partial charge in [-0.2, -0.15) is 9.78 Å². The van der Waals surface area contributed by atoms with E-state index in [2.05, 4.69) is 15.3 Å². The molecule has 0 N–H and O–H groups in total. The van der Waals surface area contributed by atoms with Gasteiger partial charge < -0.3 is 4.74 Å². The second-order valence-corrected chi connectivity index (χ2v) is 7.37. The van der Waals surface area contributed by atoms with Crippen molar-refractivity contribution in [2.24, 2.45) is 5.10 Å². The number of ether oxygens (including phenoxy) is 1. The Balaban J connectivity index is 1.79. The lowest BCUT2D eigenvalue weighted by Crippen LogP contribution is -1.99. The Bertz CT molecular complexity index is 959. The molecule has 0 fully saturated rings. The highest BCUT2D eigenvalue weighted by Gasteiger charge is 2.11. The first kappa shape index (κ1) is 19.7. The number of hydrogen-bond acceptors (Lipinski definition) is 5. The van der Waals surface area contributed by atoms with Crippen LogP contribution < -0.4 is 4.74 Å². The normalized spacial score (nSPS) is 11.3. The van der Waals surface area contributed by atoms with Gasteiger partial charge >= 0.3 is 0 Å². The number of rotatable bonds is 7. The van der Waals surface area contributed by atoms with Crippen molar-refractivity contribution in [1.29, 1.82) is 0 Å². The molecular weight excluding hydrogens is 403 g/mol. The first-order valence-corrected chi connectivity index (χ1v) is 10.1. The SMILES string of the molecule is CCOc1ccccc1/C=N/n1c(C)nnc1SCc1ccc(Cl)cc1Cl. The van der Waals surface area contributed by atoms with E-state index in [-0.39, 0.29) is 0 Å². The van der Waals surface area contributed by atoms with Crippen LogP contribution in [0.1, 0.15) is 23.9 Å². The molecule has 3 rings (SSSR count). The Hall–Kier alpha value is -2.02. The maximum atomic E-state index is 6.24. The predicted octanol–water partition coefficient (Wildman–Crippen LogP) is 5.47. The molecule has 0 aliphatic carbocycles. The van der Waals surface area contributed by atoms with Gasteiger partial charge in [0.15, 0.2) is 5.82 Å². The zero-order valence-corrected chi connectivity index (χ0v) is 17.2. The molecule has 5 nitrogen and oxygen atoms in total. The fourth-order valence-electron chi connectivity index (χ4n) is 2.34. The van der Waals surface area contributed by atoms with E-state index < -0.39 is 0 Å². The molecule has 1 heterocycles. The Morgan fingerprint density at radius 3 is 2.78 bits per heavy atom. The third kappa shape index (κ3) is 5.03. The first-order valence-electron chi connectivity index (χ1n) is 8.33. The molecule has 0 spiro atoms. The molecule has 0 aliphatic rings. The smallest absolute Gasteiger partial charge is 0.212 e. The molecular formula is C19H18Cl2N4OS. The molecule has 0 atom stereocenters. The van der Waals surface area contributed by atoms with Gasteiger partial charge in [0.25, 0.3) is 0 Å². The van der Waals surface area contributed by atoms with Gasteiger partial charge in [-0.1, -0.05) is 53.2 Å². The maximum absolute atomic E-state index is 6.24. The second-order valence-electron chi connectivity index (χ2n) is 5.58. The van der Waals surface area contributed by atoms with Gasteiger partial charge in [-0.3, -0.25) is 0 Å². The molecule has 0 amide bonds. The monoisotopic (exact) mass is 420 g/mol. The Kier molecular flexibility index (Phi) is 6.77. The van der Waals surface area contributed by atoms with Gasteiger partial charge in [0.2, 0.25) is 5.16 Å². The Morgan fingerprint density at radius 1 is 1.19 bits per heavy atom. The van der Waals surface area contributed by atoms with Gasteiger partial charge in [-0.15, -0.1) is 10.2 Å². The summed E-state index contributed by atoms with van der Waals surface area (Å²) in [5.74, 6) is 2.13. The summed E-state index contributed by atoms with van der Waals surface area (Å²) in [6.07, 6.45) is 1.75. The van der Waals surface area contributed by atoms with Crippen LogP contribution in [0.3, 0.4) is 0 Å². The van der Waals surface area contributed by atoms with Crippen LogP contribution in [0.2, 0.25) is 10.0 Å². The minimum Gasteiger partial charge on any atom is -0.493 e. The van der Waals surface area contributed by atoms with Crippen molar-refractivity contribution in [2.45, 2.75) is 24.8 Å². The van der Waals surface area contributed by atoms with Gasteiger partial charge in [0.1, 0.15) is 5.75 Å². The van der Waals surface area contributed by atoms with E-state index in [4.69, 9.17) is 27.9 Å². The van der Waals surface area contributed by atoms with Crippen molar-refractivity contribution >= 4 is 41.2 Å². The van der Waals surface area contributed by atoms with E-state index in [9.17, 15) is 0 Å². The summed E-state index contributed by atoms with van der Waals surface area (Å²) >= 11 is 13.7. The number of halogens is 2. The average molecular weight is 421 g/mol. The van der Waals surface area contributed by atoms with Crippen LogP contribution in [0.25, 0.3) is 0 Å². The molecule has 27 heavy (non-hydrogen) atoms. The van der Waals surface area contributed by atoms with Gasteiger partial charge in [-0.25, -0.2) is 0 Å². The Morgan fingerprint density at radius 2 is 2.00 bits per heavy atom. The fraction of sp³-hybridized carbons (Fsp3) is 0.211. The number of benzene rings is 2. The Labute approximate surface area is 172 Å². The highest BCUT2D eigenvalue weighted by atomic mass is 35.5. The minimum absolute atomic E-state index is 0.597. The van der Waals surface area contributed by atoms with Gasteiger partial charge in [0, 0.05) is 21.4 Å². The van der Waals surface area contributed by atoms with Crippen molar-refractivity contribution in [3.05, 3.63) is 69.5 Å². The van der Waals surface area contributed by atoms with E-state index in [1.165, 1.54) is 11.8 Å². The van der Waals surface area contributed by atoms with Gasteiger partial charge in [-0.05, 0) is 43.7 Å². The molecule has 1 aromatic heterocycles. The standard InChI is InChI=1S/C19H18Cl2N4OS/c1-3-26-18-7-5-4-6-14(18)11-22-25-13(2)23-24-19(25)27-12-15-8-9-16(20)10-17(15)21/h4-11H,3,12H2,1-2H3/b22-11+. The molecule has 140 valence electrons. The van der Waals surface area contributed by atoms with Crippen LogP contribution in [0.15, 0.2) is 52.7 Å². The molecule has 0 radical (unpaired) electrons. The summed E-state index contributed by atoms with van der Waals surface area (Å²) in [4.78, 5) is 0. The number of para-hydroxylation sites is 1. The predicted molar refractivity (Wildman–Crippen MR) is 111 cm³/mol. The topological polar surface area (TPSA) is 52.3 Å². The molecule has 3 aromatic rings. The van der Waals surface area contributed by atoms with E-state index >= 15 is 0 Å². The van der Waals surface area contributed by atoms with Crippen LogP contribution >= 0.6 is 35.0 Å². The van der Waals surface area contributed by atoms with Crippen molar-refractivity contribution in [3.63, 3.8) is 0 Å². The number of hydrogen-bond donors (Lipinski definition) is 0. The van der Waals surface area contributed by atoms with Crippen molar-refractivity contribution in [2.75, 3.05) is 6.61 Å². The van der Waals surface area contributed by atoms with Gasteiger partial charge in [0.05, 0.1) is 12.8 Å². The number of aryl methyl sites for hydroxylation is 1. The average Bonchev–Trinajstić information content (AvgIpc) is 3.00. The van der Waals surface area contributed by atoms with Crippen LogP contribution in [0.5, 0.6) is 5.75 Å². The van der Waals surface area contributed by atoms with E-state index in [1.54, 1.807) is 17.0 Å². The molecule has 0 bridgehead atoms. The van der Waals surface area contributed by atoms with Crippen molar-refractivity contribution in [1.82, 2.24) is 14.9 Å². The lowest BCUT2D eigenvalue weighted by Gasteiger charge is -2.07. The molecule has 2 aromatic carbocycles. The number of nitrogens with zero attached hydrogens (tertiary/aromatic N) is 4. The summed E-state index contributed by atoms with van der Waals surface area (Å²) < 4.78 is 7.34. The second kappa shape index (κ2) is 9.26. The van der Waals surface area contributed by atoms with E-state index in [1.807, 2.05) is 50.2 Å². The van der Waals surface area contributed by atoms with E-state index in [0.717, 1.165) is 16.9 Å². The summed E-state index contributed by atoms with van der Waals surface area (Å²) in [7, 11) is 0. The maximum Gasteiger partial charge on any atom is 0.212 e. The molecule has 0 saturated carbocycles. The summed E-state index contributed by atoms with van der Waals surface area (Å²) in [5.41, 5.74) is 1.87. The van der Waals surface area contributed by atoms with E-state index in [0.29, 0.717) is 33.4 Å². The summed E-state index contributed by atoms with van der Waals surface area (Å²) in [5, 5.41) is 14.8. The largest absolute Gasteiger partial charge is 0.493 e. The van der Waals surface area contributed by atoms with Crippen LogP contribution in [0, 0.1) is 6.92 Å². The number of thioether (sulfide) groups is 1.